The first-order chi connectivity index (χ1) is 8.51. The van der Waals surface area contributed by atoms with Crippen LogP contribution in [0.2, 0.25) is 24.2 Å². The quantitative estimate of drug-likeness (QED) is 0.247. The van der Waals surface area contributed by atoms with E-state index < -0.39 is 8.07 Å². The van der Waals surface area contributed by atoms with E-state index in [1.54, 1.807) is 6.92 Å². The van der Waals surface area contributed by atoms with Crippen LogP contribution in [0, 0.1) is 0 Å². The number of rotatable bonds is 10. The van der Waals surface area contributed by atoms with Crippen molar-refractivity contribution in [1.29, 1.82) is 0 Å². The van der Waals surface area contributed by atoms with Crippen molar-refractivity contribution in [2.75, 3.05) is 6.61 Å². The normalized spacial score (nSPS) is 11.3. The van der Waals surface area contributed by atoms with Crippen LogP contribution in [0.1, 0.15) is 47.0 Å². The highest BCUT2D eigenvalue weighted by Crippen LogP contribution is 2.28. The Morgan fingerprint density at radius 2 is 1.67 bits per heavy atom. The standard InChI is InChI=1S/C15H30O2Si/c1-6-9-12-18(7-2,8-3)13-10-11-17-15(16)14(4)5/h4,6-13H2,1-3,5H3. The predicted molar refractivity (Wildman–Crippen MR) is 81.6 cm³/mol. The molecule has 3 heteroatoms. The molecule has 0 amide bonds. The molecule has 106 valence electrons. The van der Waals surface area contributed by atoms with Crippen LogP contribution in [0.25, 0.3) is 0 Å². The first-order valence-corrected chi connectivity index (χ1v) is 10.2. The van der Waals surface area contributed by atoms with Crippen molar-refractivity contribution in [3.05, 3.63) is 12.2 Å². The summed E-state index contributed by atoms with van der Waals surface area (Å²) >= 11 is 0. The van der Waals surface area contributed by atoms with E-state index in [4.69, 9.17) is 4.74 Å². The molecule has 0 N–H and O–H groups in total. The molecule has 0 rings (SSSR count). The van der Waals surface area contributed by atoms with Gasteiger partial charge in [-0.2, -0.15) is 0 Å². The van der Waals surface area contributed by atoms with Gasteiger partial charge in [-0.05, 0) is 13.3 Å². The maximum Gasteiger partial charge on any atom is 0.333 e. The molecule has 0 bridgehead atoms. The molecule has 0 aromatic heterocycles. The lowest BCUT2D eigenvalue weighted by Crippen LogP contribution is -2.32. The van der Waals surface area contributed by atoms with Crippen molar-refractivity contribution in [2.45, 2.75) is 71.1 Å². The van der Waals surface area contributed by atoms with Gasteiger partial charge in [0.2, 0.25) is 0 Å². The minimum atomic E-state index is -1.08. The molecule has 0 atom stereocenters. The second-order valence-electron chi connectivity index (χ2n) is 5.33. The van der Waals surface area contributed by atoms with E-state index >= 15 is 0 Å². The molecule has 0 aromatic rings. The fourth-order valence-electron chi connectivity index (χ4n) is 2.37. The van der Waals surface area contributed by atoms with Crippen molar-refractivity contribution in [3.8, 4) is 0 Å². The van der Waals surface area contributed by atoms with Crippen molar-refractivity contribution in [3.63, 3.8) is 0 Å². The molecule has 0 fully saturated rings. The zero-order chi connectivity index (χ0) is 14.0. The summed E-state index contributed by atoms with van der Waals surface area (Å²) in [7, 11) is -1.08. The first-order valence-electron chi connectivity index (χ1n) is 7.34. The lowest BCUT2D eigenvalue weighted by atomic mass is 10.4. The average molecular weight is 270 g/mol. The highest BCUT2D eigenvalue weighted by Gasteiger charge is 2.27. The summed E-state index contributed by atoms with van der Waals surface area (Å²) in [6.45, 7) is 12.8. The zero-order valence-corrected chi connectivity index (χ0v) is 13.7. The third kappa shape index (κ3) is 6.38. The van der Waals surface area contributed by atoms with Crippen molar-refractivity contribution in [2.24, 2.45) is 0 Å². The lowest BCUT2D eigenvalue weighted by molar-refractivity contribution is -0.138. The second kappa shape index (κ2) is 9.37. The minimum absolute atomic E-state index is 0.246. The summed E-state index contributed by atoms with van der Waals surface area (Å²) in [6, 6.07) is 5.45. The van der Waals surface area contributed by atoms with Gasteiger partial charge in [0.05, 0.1) is 14.7 Å². The second-order valence-corrected chi connectivity index (χ2v) is 10.7. The Bertz CT molecular complexity index is 257. The van der Waals surface area contributed by atoms with Crippen LogP contribution < -0.4 is 0 Å². The van der Waals surface area contributed by atoms with Gasteiger partial charge in [0.1, 0.15) is 0 Å². The van der Waals surface area contributed by atoms with Crippen molar-refractivity contribution >= 4 is 14.0 Å². The van der Waals surface area contributed by atoms with Gasteiger partial charge in [0, 0.05) is 5.57 Å². The Kier molecular flexibility index (Phi) is 9.07. The fourth-order valence-corrected chi connectivity index (χ4v) is 6.53. The number of carbonyl (C=O) groups excluding carboxylic acids is 1. The largest absolute Gasteiger partial charge is 0.462 e. The Labute approximate surface area is 114 Å². The maximum atomic E-state index is 11.3. The predicted octanol–water partition coefficient (Wildman–Crippen LogP) is 4.78. The van der Waals surface area contributed by atoms with E-state index in [1.165, 1.54) is 37.0 Å². The summed E-state index contributed by atoms with van der Waals surface area (Å²) in [5, 5.41) is 0. The molecule has 0 unspecified atom stereocenters. The SMILES string of the molecule is C=C(C)C(=O)OCCC[Si](CC)(CC)CCCC. The third-order valence-corrected chi connectivity index (χ3v) is 9.82. The molecule has 0 aliphatic heterocycles. The number of carbonyl (C=O) groups is 1. The van der Waals surface area contributed by atoms with E-state index in [0.717, 1.165) is 6.42 Å². The Morgan fingerprint density at radius 1 is 1.11 bits per heavy atom. The first kappa shape index (κ1) is 17.4. The summed E-state index contributed by atoms with van der Waals surface area (Å²) in [5.74, 6) is -0.246. The molecule has 18 heavy (non-hydrogen) atoms. The Hall–Kier alpha value is -0.573. The van der Waals surface area contributed by atoms with Gasteiger partial charge >= 0.3 is 5.97 Å². The van der Waals surface area contributed by atoms with Crippen LogP contribution in [0.3, 0.4) is 0 Å². The van der Waals surface area contributed by atoms with Crippen LogP contribution in [-0.4, -0.2) is 20.7 Å². The van der Waals surface area contributed by atoms with Crippen LogP contribution in [-0.2, 0) is 9.53 Å². The number of esters is 1. The zero-order valence-electron chi connectivity index (χ0n) is 12.7. The maximum absolute atomic E-state index is 11.3. The van der Waals surface area contributed by atoms with E-state index in [1.807, 2.05) is 0 Å². The monoisotopic (exact) mass is 270 g/mol. The van der Waals surface area contributed by atoms with Gasteiger partial charge in [-0.15, -0.1) is 0 Å². The Balaban J connectivity index is 4.04. The smallest absolute Gasteiger partial charge is 0.333 e. The molecule has 0 aromatic carbocycles. The van der Waals surface area contributed by atoms with E-state index in [2.05, 4.69) is 27.4 Å². The van der Waals surface area contributed by atoms with Crippen LogP contribution in [0.5, 0.6) is 0 Å². The fraction of sp³-hybridized carbons (Fsp3) is 0.800. The number of ether oxygens (including phenoxy) is 1. The number of hydrogen-bond donors (Lipinski definition) is 0. The number of unbranched alkanes of at least 4 members (excludes halogenated alkanes) is 1. The molecule has 2 nitrogen and oxygen atoms in total. The van der Waals surface area contributed by atoms with E-state index in [0.29, 0.717) is 12.2 Å². The molecule has 0 heterocycles. The summed E-state index contributed by atoms with van der Waals surface area (Å²) < 4.78 is 5.18. The van der Waals surface area contributed by atoms with E-state index in [9.17, 15) is 4.79 Å². The molecular weight excluding hydrogens is 240 g/mol. The molecule has 0 radical (unpaired) electrons. The number of hydrogen-bond acceptors (Lipinski definition) is 2. The molecule has 0 saturated carbocycles. The average Bonchev–Trinajstić information content (AvgIpc) is 2.38. The molecule has 0 saturated heterocycles. The third-order valence-electron chi connectivity index (χ3n) is 3.99. The van der Waals surface area contributed by atoms with Crippen molar-refractivity contribution in [1.82, 2.24) is 0 Å². The van der Waals surface area contributed by atoms with Crippen LogP contribution in [0.15, 0.2) is 12.2 Å². The van der Waals surface area contributed by atoms with Crippen LogP contribution in [0.4, 0.5) is 0 Å². The summed E-state index contributed by atoms with van der Waals surface area (Å²) in [4.78, 5) is 11.3. The van der Waals surface area contributed by atoms with Crippen molar-refractivity contribution < 1.29 is 9.53 Å². The molecule has 0 aliphatic carbocycles. The van der Waals surface area contributed by atoms with Gasteiger partial charge in [-0.3, -0.25) is 0 Å². The summed E-state index contributed by atoms with van der Waals surface area (Å²) in [5.41, 5.74) is 0.496. The minimum Gasteiger partial charge on any atom is -0.462 e. The molecule has 0 aliphatic rings. The molecule has 0 spiro atoms. The highest BCUT2D eigenvalue weighted by molar-refractivity contribution is 6.79. The lowest BCUT2D eigenvalue weighted by Gasteiger charge is -2.29. The van der Waals surface area contributed by atoms with Gasteiger partial charge in [-0.1, -0.05) is 64.4 Å². The van der Waals surface area contributed by atoms with Gasteiger partial charge in [-0.25, -0.2) is 4.79 Å². The van der Waals surface area contributed by atoms with Crippen LogP contribution >= 0.6 is 0 Å². The Morgan fingerprint density at radius 3 is 2.11 bits per heavy atom. The van der Waals surface area contributed by atoms with Gasteiger partial charge in [0.15, 0.2) is 0 Å². The highest BCUT2D eigenvalue weighted by atomic mass is 28.3. The summed E-state index contributed by atoms with van der Waals surface area (Å²) in [6.07, 6.45) is 3.68. The topological polar surface area (TPSA) is 26.3 Å². The van der Waals surface area contributed by atoms with Gasteiger partial charge in [0.25, 0.3) is 0 Å². The molecular formula is C15H30O2Si. The van der Waals surface area contributed by atoms with Gasteiger partial charge < -0.3 is 4.74 Å². The van der Waals surface area contributed by atoms with E-state index in [-0.39, 0.29) is 5.97 Å².